The van der Waals surface area contributed by atoms with Crippen molar-refractivity contribution in [3.05, 3.63) is 36.0 Å². The van der Waals surface area contributed by atoms with Crippen LogP contribution in [0.4, 0.5) is 0 Å². The van der Waals surface area contributed by atoms with Gasteiger partial charge in [0.25, 0.3) is 0 Å². The quantitative estimate of drug-likeness (QED) is 0.609. The molecule has 0 aliphatic rings. The highest BCUT2D eigenvalue weighted by molar-refractivity contribution is 9.10. The van der Waals surface area contributed by atoms with Gasteiger partial charge in [-0.25, -0.2) is 0 Å². The number of aryl methyl sites for hydroxylation is 1. The van der Waals surface area contributed by atoms with Crippen molar-refractivity contribution in [2.24, 2.45) is 7.05 Å². The lowest BCUT2D eigenvalue weighted by Crippen LogP contribution is -2.23. The van der Waals surface area contributed by atoms with Crippen LogP contribution in [0.1, 0.15) is 24.2 Å². The number of benzene rings is 1. The maximum Gasteiger partial charge on any atom is 0.181 e. The molecule has 0 spiro atoms. The van der Waals surface area contributed by atoms with E-state index in [-0.39, 0.29) is 5.78 Å². The molecule has 2 rings (SSSR count). The second-order valence-electron chi connectivity index (χ2n) is 4.47. The van der Waals surface area contributed by atoms with Crippen LogP contribution >= 0.6 is 15.9 Å². The molecule has 0 amide bonds. The Kier molecular flexibility index (Phi) is 2.66. The first-order valence-corrected chi connectivity index (χ1v) is 5.98. The first-order chi connectivity index (χ1) is 7.41. The molecular formula is C13H14BrNO. The molecule has 0 unspecified atom stereocenters. The average molecular weight is 280 g/mol. The molecule has 1 aromatic heterocycles. The Morgan fingerprint density at radius 3 is 2.56 bits per heavy atom. The number of alkyl halides is 1. The van der Waals surface area contributed by atoms with Crippen molar-refractivity contribution in [2.45, 2.75) is 18.2 Å². The van der Waals surface area contributed by atoms with E-state index in [0.717, 1.165) is 16.5 Å². The molecule has 0 aliphatic carbocycles. The summed E-state index contributed by atoms with van der Waals surface area (Å²) in [6.07, 6.45) is 1.90. The van der Waals surface area contributed by atoms with Crippen LogP contribution in [0.5, 0.6) is 0 Å². The minimum atomic E-state index is -0.517. The monoisotopic (exact) mass is 279 g/mol. The number of nitrogens with zero attached hydrogens (tertiary/aromatic N) is 1. The van der Waals surface area contributed by atoms with Crippen LogP contribution < -0.4 is 0 Å². The van der Waals surface area contributed by atoms with Crippen LogP contribution in [0.3, 0.4) is 0 Å². The van der Waals surface area contributed by atoms with Crippen LogP contribution in [0.2, 0.25) is 0 Å². The summed E-state index contributed by atoms with van der Waals surface area (Å²) in [5, 5.41) is 1.02. The van der Waals surface area contributed by atoms with Gasteiger partial charge in [-0.2, -0.15) is 0 Å². The van der Waals surface area contributed by atoms with Gasteiger partial charge in [-0.15, -0.1) is 0 Å². The van der Waals surface area contributed by atoms with E-state index >= 15 is 0 Å². The third-order valence-corrected chi connectivity index (χ3v) is 3.04. The molecular weight excluding hydrogens is 266 g/mol. The number of aromatic nitrogens is 1. The van der Waals surface area contributed by atoms with E-state index in [1.807, 2.05) is 55.9 Å². The van der Waals surface area contributed by atoms with Crippen LogP contribution in [0.15, 0.2) is 30.5 Å². The van der Waals surface area contributed by atoms with Gasteiger partial charge >= 0.3 is 0 Å². The SMILES string of the molecule is Cn1cc(C(=O)C(C)(C)Br)c2ccccc21. The predicted octanol–water partition coefficient (Wildman–Crippen LogP) is 3.53. The fourth-order valence-electron chi connectivity index (χ4n) is 1.84. The molecule has 0 radical (unpaired) electrons. The Morgan fingerprint density at radius 2 is 1.94 bits per heavy atom. The Labute approximate surface area is 103 Å². The van der Waals surface area contributed by atoms with E-state index in [2.05, 4.69) is 15.9 Å². The minimum Gasteiger partial charge on any atom is -0.350 e. The fourth-order valence-corrected chi connectivity index (χ4v) is 2.06. The molecule has 2 nitrogen and oxygen atoms in total. The normalized spacial score (nSPS) is 12.0. The second-order valence-corrected chi connectivity index (χ2v) is 6.45. The number of rotatable bonds is 2. The molecule has 16 heavy (non-hydrogen) atoms. The molecule has 0 saturated carbocycles. The zero-order chi connectivity index (χ0) is 11.9. The van der Waals surface area contributed by atoms with E-state index in [1.165, 1.54) is 0 Å². The van der Waals surface area contributed by atoms with Gasteiger partial charge in [-0.3, -0.25) is 4.79 Å². The summed E-state index contributed by atoms with van der Waals surface area (Å²) < 4.78 is 1.47. The number of carbonyl (C=O) groups excluding carboxylic acids is 1. The number of carbonyl (C=O) groups is 1. The Hall–Kier alpha value is -1.09. The van der Waals surface area contributed by atoms with Gasteiger partial charge in [0, 0.05) is 29.7 Å². The van der Waals surface area contributed by atoms with E-state index in [4.69, 9.17) is 0 Å². The molecule has 0 saturated heterocycles. The number of hydrogen-bond acceptors (Lipinski definition) is 1. The van der Waals surface area contributed by atoms with Crippen molar-refractivity contribution in [1.82, 2.24) is 4.57 Å². The van der Waals surface area contributed by atoms with E-state index in [9.17, 15) is 4.79 Å². The highest BCUT2D eigenvalue weighted by atomic mass is 79.9. The van der Waals surface area contributed by atoms with Crippen molar-refractivity contribution < 1.29 is 4.79 Å². The summed E-state index contributed by atoms with van der Waals surface area (Å²) in [5.74, 6) is 0.115. The van der Waals surface area contributed by atoms with Crippen molar-refractivity contribution in [3.8, 4) is 0 Å². The van der Waals surface area contributed by atoms with E-state index < -0.39 is 4.32 Å². The van der Waals surface area contributed by atoms with Gasteiger partial charge in [0.05, 0.1) is 4.32 Å². The predicted molar refractivity (Wildman–Crippen MR) is 70.3 cm³/mol. The maximum atomic E-state index is 12.2. The number of hydrogen-bond donors (Lipinski definition) is 0. The lowest BCUT2D eigenvalue weighted by molar-refractivity contribution is 0.0962. The smallest absolute Gasteiger partial charge is 0.181 e. The average Bonchev–Trinajstić information content (AvgIpc) is 2.55. The van der Waals surface area contributed by atoms with E-state index in [1.54, 1.807) is 0 Å². The molecule has 0 atom stereocenters. The van der Waals surface area contributed by atoms with Crippen molar-refractivity contribution >= 4 is 32.6 Å². The van der Waals surface area contributed by atoms with Gasteiger partial charge in [-0.05, 0) is 19.9 Å². The Morgan fingerprint density at radius 1 is 1.31 bits per heavy atom. The minimum absolute atomic E-state index is 0.115. The van der Waals surface area contributed by atoms with Crippen LogP contribution in [-0.2, 0) is 7.05 Å². The molecule has 0 N–H and O–H groups in total. The molecule has 84 valence electrons. The number of fused-ring (bicyclic) bond motifs is 1. The van der Waals surface area contributed by atoms with Gasteiger partial charge in [0.15, 0.2) is 5.78 Å². The van der Waals surface area contributed by atoms with Gasteiger partial charge in [0.1, 0.15) is 0 Å². The maximum absolute atomic E-state index is 12.2. The lowest BCUT2D eigenvalue weighted by Gasteiger charge is -2.13. The van der Waals surface area contributed by atoms with Crippen LogP contribution in [0.25, 0.3) is 10.9 Å². The summed E-state index contributed by atoms with van der Waals surface area (Å²) in [6.45, 7) is 3.74. The van der Waals surface area contributed by atoms with Crippen LogP contribution in [-0.4, -0.2) is 14.7 Å². The lowest BCUT2D eigenvalue weighted by atomic mass is 10.0. The van der Waals surface area contributed by atoms with Gasteiger partial charge < -0.3 is 4.57 Å². The third-order valence-electron chi connectivity index (χ3n) is 2.68. The topological polar surface area (TPSA) is 22.0 Å². The van der Waals surface area contributed by atoms with E-state index in [0.29, 0.717) is 0 Å². The van der Waals surface area contributed by atoms with Gasteiger partial charge in [0.2, 0.25) is 0 Å². The first kappa shape index (κ1) is 11.4. The molecule has 0 bridgehead atoms. The van der Waals surface area contributed by atoms with Gasteiger partial charge in [-0.1, -0.05) is 34.1 Å². The molecule has 0 fully saturated rings. The molecule has 2 aromatic rings. The summed E-state index contributed by atoms with van der Waals surface area (Å²) in [5.41, 5.74) is 1.86. The summed E-state index contributed by atoms with van der Waals surface area (Å²) in [6, 6.07) is 7.95. The first-order valence-electron chi connectivity index (χ1n) is 5.19. The summed E-state index contributed by atoms with van der Waals surface area (Å²) in [7, 11) is 1.96. The summed E-state index contributed by atoms with van der Waals surface area (Å²) in [4.78, 5) is 12.2. The number of ketones is 1. The number of halogens is 1. The van der Waals surface area contributed by atoms with Crippen molar-refractivity contribution in [3.63, 3.8) is 0 Å². The fraction of sp³-hybridized carbons (Fsp3) is 0.308. The third kappa shape index (κ3) is 1.80. The summed E-state index contributed by atoms with van der Waals surface area (Å²) >= 11 is 3.42. The number of para-hydroxylation sites is 1. The van der Waals surface area contributed by atoms with Crippen molar-refractivity contribution in [1.29, 1.82) is 0 Å². The van der Waals surface area contributed by atoms with Crippen LogP contribution in [0, 0.1) is 0 Å². The highest BCUT2D eigenvalue weighted by Crippen LogP contribution is 2.28. The number of Topliss-reactive ketones (excluding diaryl/α,β-unsaturated/α-hetero) is 1. The highest BCUT2D eigenvalue weighted by Gasteiger charge is 2.27. The molecule has 1 heterocycles. The zero-order valence-electron chi connectivity index (χ0n) is 9.62. The second kappa shape index (κ2) is 3.74. The Bertz CT molecular complexity index is 549. The van der Waals surface area contributed by atoms with Crippen molar-refractivity contribution in [2.75, 3.05) is 0 Å². The molecule has 3 heteroatoms. The Balaban J connectivity index is 2.67. The molecule has 0 aliphatic heterocycles. The standard InChI is InChI=1S/C13H14BrNO/c1-13(2,14)12(16)10-8-15(3)11-7-5-4-6-9(10)11/h4-8H,1-3H3. The molecule has 1 aromatic carbocycles. The largest absolute Gasteiger partial charge is 0.350 e. The zero-order valence-corrected chi connectivity index (χ0v) is 11.2.